The molecule has 1 aromatic heterocycles. The van der Waals surface area contributed by atoms with Gasteiger partial charge < -0.3 is 15.4 Å². The summed E-state index contributed by atoms with van der Waals surface area (Å²) in [6.45, 7) is 4.58. The monoisotopic (exact) mass is 236 g/mol. The van der Waals surface area contributed by atoms with Crippen LogP contribution in [0.3, 0.4) is 0 Å². The zero-order chi connectivity index (χ0) is 11.9. The summed E-state index contributed by atoms with van der Waals surface area (Å²) in [5, 5.41) is 6.66. The van der Waals surface area contributed by atoms with Crippen LogP contribution in [0.15, 0.2) is 12.4 Å². The molecule has 5 heteroatoms. The molecule has 2 N–H and O–H groups in total. The van der Waals surface area contributed by atoms with E-state index in [9.17, 15) is 0 Å². The molecule has 94 valence electrons. The van der Waals surface area contributed by atoms with Crippen LogP contribution in [0.4, 0.5) is 5.82 Å². The van der Waals surface area contributed by atoms with Gasteiger partial charge in [-0.15, -0.1) is 0 Å². The molecule has 5 nitrogen and oxygen atoms in total. The Bertz CT molecular complexity index is 341. The van der Waals surface area contributed by atoms with Gasteiger partial charge in [-0.1, -0.05) is 6.92 Å². The minimum absolute atomic E-state index is 0.590. The summed E-state index contributed by atoms with van der Waals surface area (Å²) in [5.41, 5.74) is 0. The Morgan fingerprint density at radius 1 is 1.35 bits per heavy atom. The van der Waals surface area contributed by atoms with Crippen LogP contribution < -0.4 is 15.4 Å². The lowest BCUT2D eigenvalue weighted by molar-refractivity contribution is 0.304. The van der Waals surface area contributed by atoms with Crippen molar-refractivity contribution in [3.8, 4) is 5.88 Å². The number of ether oxygens (including phenoxy) is 1. The maximum atomic E-state index is 5.42. The van der Waals surface area contributed by atoms with Gasteiger partial charge in [-0.2, -0.15) is 4.98 Å². The van der Waals surface area contributed by atoms with E-state index in [2.05, 4.69) is 27.5 Å². The lowest BCUT2D eigenvalue weighted by atomic mass is 10.5. The summed E-state index contributed by atoms with van der Waals surface area (Å²) in [5.74, 6) is 1.36. The number of rotatable bonds is 8. The summed E-state index contributed by atoms with van der Waals surface area (Å²) < 4.78 is 5.42. The van der Waals surface area contributed by atoms with Crippen molar-refractivity contribution in [2.75, 3.05) is 25.0 Å². The van der Waals surface area contributed by atoms with Crippen LogP contribution in [0, 0.1) is 0 Å². The van der Waals surface area contributed by atoms with Gasteiger partial charge in [-0.25, -0.2) is 0 Å². The van der Waals surface area contributed by atoms with Crippen LogP contribution >= 0.6 is 0 Å². The van der Waals surface area contributed by atoms with E-state index in [-0.39, 0.29) is 0 Å². The summed E-state index contributed by atoms with van der Waals surface area (Å²) in [6.07, 6.45) is 6.98. The fourth-order valence-electron chi connectivity index (χ4n) is 1.46. The van der Waals surface area contributed by atoms with Crippen LogP contribution in [-0.2, 0) is 0 Å². The molecule has 1 fully saturated rings. The Morgan fingerprint density at radius 2 is 2.24 bits per heavy atom. The molecule has 0 spiro atoms. The van der Waals surface area contributed by atoms with Gasteiger partial charge in [0.05, 0.1) is 19.0 Å². The Hall–Kier alpha value is -1.36. The second-order valence-corrected chi connectivity index (χ2v) is 4.25. The normalized spacial score (nSPS) is 14.6. The van der Waals surface area contributed by atoms with Gasteiger partial charge in [0.15, 0.2) is 0 Å². The van der Waals surface area contributed by atoms with Gasteiger partial charge in [0, 0.05) is 19.1 Å². The molecule has 1 saturated carbocycles. The second-order valence-electron chi connectivity index (χ2n) is 4.25. The van der Waals surface area contributed by atoms with Crippen LogP contribution in [0.2, 0.25) is 0 Å². The average Bonchev–Trinajstić information content (AvgIpc) is 3.17. The van der Waals surface area contributed by atoms with Crippen LogP contribution in [0.5, 0.6) is 5.88 Å². The first-order chi connectivity index (χ1) is 8.38. The number of aromatic nitrogens is 2. The highest BCUT2D eigenvalue weighted by Gasteiger charge is 2.19. The standard InChI is InChI=1S/C12H20N4O/c1-2-7-17-12-9-13-8-11(16-12)15-6-5-14-10-3-4-10/h8-10,14H,2-7H2,1H3,(H,15,16). The smallest absolute Gasteiger partial charge is 0.234 e. The Morgan fingerprint density at radius 3 is 3.00 bits per heavy atom. The van der Waals surface area contributed by atoms with Crippen molar-refractivity contribution < 1.29 is 4.74 Å². The molecular formula is C12H20N4O. The highest BCUT2D eigenvalue weighted by atomic mass is 16.5. The Kier molecular flexibility index (Phi) is 4.55. The minimum Gasteiger partial charge on any atom is -0.477 e. The Labute approximate surface area is 102 Å². The summed E-state index contributed by atoms with van der Waals surface area (Å²) in [4.78, 5) is 8.41. The van der Waals surface area contributed by atoms with Crippen molar-refractivity contribution in [2.24, 2.45) is 0 Å². The molecule has 0 atom stereocenters. The minimum atomic E-state index is 0.590. The van der Waals surface area contributed by atoms with E-state index in [1.165, 1.54) is 12.8 Å². The first-order valence-electron chi connectivity index (χ1n) is 6.30. The lowest BCUT2D eigenvalue weighted by Gasteiger charge is -2.08. The molecule has 17 heavy (non-hydrogen) atoms. The SMILES string of the molecule is CCCOc1cncc(NCCNC2CC2)n1. The largest absolute Gasteiger partial charge is 0.477 e. The molecule has 0 radical (unpaired) electrons. The molecule has 1 aromatic rings. The van der Waals surface area contributed by atoms with Gasteiger partial charge in [0.25, 0.3) is 0 Å². The summed E-state index contributed by atoms with van der Waals surface area (Å²) >= 11 is 0. The number of nitrogens with zero attached hydrogens (tertiary/aromatic N) is 2. The second kappa shape index (κ2) is 6.39. The summed E-state index contributed by atoms with van der Waals surface area (Å²) in [6, 6.07) is 0.752. The molecule has 0 amide bonds. The molecule has 2 rings (SSSR count). The molecule has 1 heterocycles. The third kappa shape index (κ3) is 4.56. The van der Waals surface area contributed by atoms with Crippen LogP contribution in [0.1, 0.15) is 26.2 Å². The molecule has 0 bridgehead atoms. The predicted octanol–water partition coefficient (Wildman–Crippen LogP) is 1.43. The van der Waals surface area contributed by atoms with E-state index in [4.69, 9.17) is 4.74 Å². The van der Waals surface area contributed by atoms with Crippen molar-refractivity contribution in [1.82, 2.24) is 15.3 Å². The van der Waals surface area contributed by atoms with Crippen molar-refractivity contribution in [2.45, 2.75) is 32.2 Å². The molecule has 1 aliphatic rings. The molecule has 0 aliphatic heterocycles. The highest BCUT2D eigenvalue weighted by molar-refractivity contribution is 5.33. The van der Waals surface area contributed by atoms with Crippen LogP contribution in [-0.4, -0.2) is 35.7 Å². The van der Waals surface area contributed by atoms with Gasteiger partial charge >= 0.3 is 0 Å². The van der Waals surface area contributed by atoms with Gasteiger partial charge in [0.1, 0.15) is 5.82 Å². The van der Waals surface area contributed by atoms with E-state index >= 15 is 0 Å². The molecule has 0 saturated heterocycles. The lowest BCUT2D eigenvalue weighted by Crippen LogP contribution is -2.24. The van der Waals surface area contributed by atoms with Gasteiger partial charge in [0.2, 0.25) is 5.88 Å². The molecular weight excluding hydrogens is 216 g/mol. The van der Waals surface area contributed by atoms with E-state index < -0.39 is 0 Å². The maximum Gasteiger partial charge on any atom is 0.234 e. The zero-order valence-corrected chi connectivity index (χ0v) is 10.3. The predicted molar refractivity (Wildman–Crippen MR) is 67.3 cm³/mol. The zero-order valence-electron chi connectivity index (χ0n) is 10.3. The third-order valence-electron chi connectivity index (χ3n) is 2.51. The topological polar surface area (TPSA) is 59.1 Å². The number of hydrogen-bond acceptors (Lipinski definition) is 5. The molecule has 0 aromatic carbocycles. The van der Waals surface area contributed by atoms with E-state index in [1.807, 2.05) is 0 Å². The highest BCUT2D eigenvalue weighted by Crippen LogP contribution is 2.17. The van der Waals surface area contributed by atoms with Crippen molar-refractivity contribution in [1.29, 1.82) is 0 Å². The number of nitrogens with one attached hydrogen (secondary N) is 2. The molecule has 0 unspecified atom stereocenters. The first-order valence-corrected chi connectivity index (χ1v) is 6.30. The van der Waals surface area contributed by atoms with Crippen molar-refractivity contribution in [3.05, 3.63) is 12.4 Å². The Balaban J connectivity index is 1.70. The van der Waals surface area contributed by atoms with Crippen molar-refractivity contribution in [3.63, 3.8) is 0 Å². The molecule has 1 aliphatic carbocycles. The van der Waals surface area contributed by atoms with E-state index in [0.717, 1.165) is 31.4 Å². The van der Waals surface area contributed by atoms with E-state index in [1.54, 1.807) is 12.4 Å². The van der Waals surface area contributed by atoms with Gasteiger partial charge in [-0.05, 0) is 19.3 Å². The maximum absolute atomic E-state index is 5.42. The number of anilines is 1. The summed E-state index contributed by atoms with van der Waals surface area (Å²) in [7, 11) is 0. The fourth-order valence-corrected chi connectivity index (χ4v) is 1.46. The number of hydrogen-bond donors (Lipinski definition) is 2. The van der Waals surface area contributed by atoms with Crippen LogP contribution in [0.25, 0.3) is 0 Å². The van der Waals surface area contributed by atoms with E-state index in [0.29, 0.717) is 12.5 Å². The fraction of sp³-hybridized carbons (Fsp3) is 0.667. The van der Waals surface area contributed by atoms with Crippen molar-refractivity contribution >= 4 is 5.82 Å². The quantitative estimate of drug-likeness (QED) is 0.669. The average molecular weight is 236 g/mol. The first kappa shape index (κ1) is 12.1. The third-order valence-corrected chi connectivity index (χ3v) is 2.51. The van der Waals surface area contributed by atoms with Gasteiger partial charge in [-0.3, -0.25) is 4.98 Å².